The van der Waals surface area contributed by atoms with Crippen LogP contribution in [0.2, 0.25) is 0 Å². The number of rotatable bonds is 6. The third-order valence-electron chi connectivity index (χ3n) is 2.09. The van der Waals surface area contributed by atoms with E-state index in [2.05, 4.69) is 4.98 Å². The van der Waals surface area contributed by atoms with E-state index in [9.17, 15) is 5.11 Å². The van der Waals surface area contributed by atoms with Crippen molar-refractivity contribution < 1.29 is 9.84 Å². The van der Waals surface area contributed by atoms with Crippen molar-refractivity contribution in [1.82, 2.24) is 4.98 Å². The molecule has 0 radical (unpaired) electrons. The summed E-state index contributed by atoms with van der Waals surface area (Å²) in [6, 6.07) is 1.86. The molecule has 1 rings (SSSR count). The van der Waals surface area contributed by atoms with Crippen LogP contribution < -0.4 is 4.74 Å². The fourth-order valence-corrected chi connectivity index (χ4v) is 1.81. The molecule has 0 aromatic carbocycles. The smallest absolute Gasteiger partial charge is 0.138 e. The molecule has 3 nitrogen and oxygen atoms in total. The second-order valence-electron chi connectivity index (χ2n) is 3.92. The van der Waals surface area contributed by atoms with E-state index in [-0.39, 0.29) is 6.10 Å². The van der Waals surface area contributed by atoms with Crippen molar-refractivity contribution in [2.45, 2.75) is 32.5 Å². The summed E-state index contributed by atoms with van der Waals surface area (Å²) >= 11 is 1.73. The number of ether oxygens (including phenoxy) is 1. The third-order valence-corrected chi connectivity index (χ3v) is 2.73. The van der Waals surface area contributed by atoms with Crippen LogP contribution in [0.15, 0.2) is 18.5 Å². The quantitative estimate of drug-likeness (QED) is 0.831. The molecule has 0 aliphatic rings. The molecule has 0 aliphatic heterocycles. The molecule has 0 saturated carbocycles. The number of nitrogens with zero attached hydrogens (tertiary/aromatic N) is 1. The van der Waals surface area contributed by atoms with E-state index in [4.69, 9.17) is 4.74 Å². The molecule has 16 heavy (non-hydrogen) atoms. The number of thioether (sulfide) groups is 1. The Morgan fingerprint density at radius 1 is 1.44 bits per heavy atom. The van der Waals surface area contributed by atoms with E-state index in [1.54, 1.807) is 24.2 Å². The van der Waals surface area contributed by atoms with Gasteiger partial charge >= 0.3 is 0 Å². The van der Waals surface area contributed by atoms with Crippen LogP contribution in [0, 0.1) is 0 Å². The number of aliphatic hydroxyl groups is 1. The Kier molecular flexibility index (Phi) is 5.63. The van der Waals surface area contributed by atoms with E-state index in [1.807, 2.05) is 26.2 Å². The van der Waals surface area contributed by atoms with Gasteiger partial charge in [0.15, 0.2) is 0 Å². The summed E-state index contributed by atoms with van der Waals surface area (Å²) < 4.78 is 5.53. The first-order valence-corrected chi connectivity index (χ1v) is 6.81. The molecule has 0 saturated heterocycles. The van der Waals surface area contributed by atoms with Gasteiger partial charge in [-0.25, -0.2) is 0 Å². The fourth-order valence-electron chi connectivity index (χ4n) is 1.35. The van der Waals surface area contributed by atoms with Crippen molar-refractivity contribution in [3.8, 4) is 5.75 Å². The zero-order valence-corrected chi connectivity index (χ0v) is 10.8. The topological polar surface area (TPSA) is 42.4 Å². The van der Waals surface area contributed by atoms with Crippen molar-refractivity contribution in [2.24, 2.45) is 0 Å². The highest BCUT2D eigenvalue weighted by atomic mass is 32.2. The van der Waals surface area contributed by atoms with Gasteiger partial charge in [-0.1, -0.05) is 0 Å². The van der Waals surface area contributed by atoms with Crippen LogP contribution in [0.1, 0.15) is 31.9 Å². The minimum Gasteiger partial charge on any atom is -0.489 e. The Bertz CT molecular complexity index is 318. The molecule has 1 aromatic rings. The lowest BCUT2D eigenvalue weighted by Crippen LogP contribution is -2.07. The van der Waals surface area contributed by atoms with Crippen molar-refractivity contribution in [3.63, 3.8) is 0 Å². The van der Waals surface area contributed by atoms with Gasteiger partial charge in [-0.3, -0.25) is 4.98 Å². The van der Waals surface area contributed by atoms with E-state index < -0.39 is 6.10 Å². The third kappa shape index (κ3) is 4.41. The molecule has 90 valence electrons. The molecule has 0 spiro atoms. The van der Waals surface area contributed by atoms with E-state index >= 15 is 0 Å². The van der Waals surface area contributed by atoms with Crippen molar-refractivity contribution in [3.05, 3.63) is 24.0 Å². The molecule has 1 heterocycles. The summed E-state index contributed by atoms with van der Waals surface area (Å²) in [7, 11) is 0. The van der Waals surface area contributed by atoms with Gasteiger partial charge in [0.1, 0.15) is 5.75 Å². The van der Waals surface area contributed by atoms with Crippen LogP contribution in [0.4, 0.5) is 0 Å². The van der Waals surface area contributed by atoms with Gasteiger partial charge < -0.3 is 9.84 Å². The zero-order valence-electron chi connectivity index (χ0n) is 10.0. The summed E-state index contributed by atoms with van der Waals surface area (Å²) in [6.45, 7) is 3.94. The Morgan fingerprint density at radius 3 is 2.81 bits per heavy atom. The molecule has 1 N–H and O–H groups in total. The molecule has 0 amide bonds. The summed E-state index contributed by atoms with van der Waals surface area (Å²) in [5.41, 5.74) is 0.826. The standard InChI is InChI=1S/C12H19NO2S/c1-9(2)15-11-6-10(7-13-8-11)12(14)4-5-16-3/h6-9,12,14H,4-5H2,1-3H3. The summed E-state index contributed by atoms with van der Waals surface area (Å²) in [6.07, 6.45) is 5.82. The molecule has 1 atom stereocenters. The maximum Gasteiger partial charge on any atom is 0.138 e. The highest BCUT2D eigenvalue weighted by Crippen LogP contribution is 2.21. The number of aromatic nitrogens is 1. The van der Waals surface area contributed by atoms with Gasteiger partial charge in [0.05, 0.1) is 18.4 Å². The largest absolute Gasteiger partial charge is 0.489 e. The number of hydrogen-bond donors (Lipinski definition) is 1. The minimum absolute atomic E-state index is 0.125. The van der Waals surface area contributed by atoms with Crippen LogP contribution in [0.3, 0.4) is 0 Å². The number of aliphatic hydroxyl groups excluding tert-OH is 1. The summed E-state index contributed by atoms with van der Waals surface area (Å²) in [5.74, 6) is 1.66. The van der Waals surface area contributed by atoms with Gasteiger partial charge in [0, 0.05) is 11.8 Å². The normalized spacial score (nSPS) is 12.8. The van der Waals surface area contributed by atoms with Crippen LogP contribution in [-0.2, 0) is 0 Å². The van der Waals surface area contributed by atoms with Crippen LogP contribution in [-0.4, -0.2) is 28.2 Å². The maximum atomic E-state index is 9.90. The highest BCUT2D eigenvalue weighted by Gasteiger charge is 2.09. The van der Waals surface area contributed by atoms with Crippen molar-refractivity contribution in [2.75, 3.05) is 12.0 Å². The summed E-state index contributed by atoms with van der Waals surface area (Å²) in [4.78, 5) is 4.08. The van der Waals surface area contributed by atoms with Gasteiger partial charge in [0.2, 0.25) is 0 Å². The predicted molar refractivity (Wildman–Crippen MR) is 68.0 cm³/mol. The summed E-state index contributed by atoms with van der Waals surface area (Å²) in [5, 5.41) is 9.90. The van der Waals surface area contributed by atoms with Gasteiger partial charge in [-0.05, 0) is 38.3 Å². The van der Waals surface area contributed by atoms with E-state index in [0.717, 1.165) is 23.5 Å². The number of pyridine rings is 1. The first kappa shape index (κ1) is 13.3. The molecule has 1 unspecified atom stereocenters. The molecule has 1 aromatic heterocycles. The first-order chi connectivity index (χ1) is 7.63. The molecule has 0 fully saturated rings. The van der Waals surface area contributed by atoms with Crippen LogP contribution >= 0.6 is 11.8 Å². The second kappa shape index (κ2) is 6.76. The maximum absolute atomic E-state index is 9.90. The average molecular weight is 241 g/mol. The van der Waals surface area contributed by atoms with Gasteiger partial charge in [0.25, 0.3) is 0 Å². The molecular formula is C12H19NO2S. The monoisotopic (exact) mass is 241 g/mol. The Morgan fingerprint density at radius 2 is 2.19 bits per heavy atom. The van der Waals surface area contributed by atoms with Gasteiger partial charge in [-0.15, -0.1) is 0 Å². The van der Waals surface area contributed by atoms with E-state index in [1.165, 1.54) is 0 Å². The molecule has 0 bridgehead atoms. The predicted octanol–water partition coefficient (Wildman–Crippen LogP) is 2.66. The Labute approximate surface area is 101 Å². The minimum atomic E-state index is -0.448. The average Bonchev–Trinajstić information content (AvgIpc) is 2.25. The van der Waals surface area contributed by atoms with Crippen molar-refractivity contribution >= 4 is 11.8 Å². The fraction of sp³-hybridized carbons (Fsp3) is 0.583. The molecular weight excluding hydrogens is 222 g/mol. The van der Waals surface area contributed by atoms with E-state index in [0.29, 0.717) is 0 Å². The van der Waals surface area contributed by atoms with Crippen molar-refractivity contribution in [1.29, 1.82) is 0 Å². The SMILES string of the molecule is CSCCC(O)c1cncc(OC(C)C)c1. The van der Waals surface area contributed by atoms with Crippen LogP contribution in [0.25, 0.3) is 0 Å². The zero-order chi connectivity index (χ0) is 12.0. The first-order valence-electron chi connectivity index (χ1n) is 5.42. The highest BCUT2D eigenvalue weighted by molar-refractivity contribution is 7.98. The lowest BCUT2D eigenvalue weighted by Gasteiger charge is -2.13. The lowest BCUT2D eigenvalue weighted by atomic mass is 10.1. The lowest BCUT2D eigenvalue weighted by molar-refractivity contribution is 0.173. The molecule has 4 heteroatoms. The Balaban J connectivity index is 2.65. The van der Waals surface area contributed by atoms with Gasteiger partial charge in [-0.2, -0.15) is 11.8 Å². The Hall–Kier alpha value is -0.740. The molecule has 0 aliphatic carbocycles. The number of hydrogen-bond acceptors (Lipinski definition) is 4. The second-order valence-corrected chi connectivity index (χ2v) is 4.90. The van der Waals surface area contributed by atoms with Crippen LogP contribution in [0.5, 0.6) is 5.75 Å².